The molecule has 1 heterocycles. The molecule has 0 fully saturated rings. The minimum atomic E-state index is -4.87. The number of anilines is 3. The highest BCUT2D eigenvalue weighted by molar-refractivity contribution is 7.86. The van der Waals surface area contributed by atoms with Gasteiger partial charge in [0.05, 0.1) is 15.7 Å². The molecule has 0 radical (unpaired) electrons. The molecular weight excluding hydrogens is 582 g/mol. The van der Waals surface area contributed by atoms with Crippen LogP contribution in [-0.2, 0) is 23.3 Å². The summed E-state index contributed by atoms with van der Waals surface area (Å²) >= 11 is 12.2. The van der Waals surface area contributed by atoms with E-state index in [1.54, 1.807) is 30.3 Å². The molecule has 6 N–H and O–H groups in total. The van der Waals surface area contributed by atoms with Crippen LogP contribution < -0.4 is 26.8 Å². The number of carbonyl (C=O) groups is 1. The van der Waals surface area contributed by atoms with Gasteiger partial charge in [0, 0.05) is 17.8 Å². The lowest BCUT2D eigenvalue weighted by molar-refractivity contribution is 0.252. The van der Waals surface area contributed by atoms with Gasteiger partial charge < -0.3 is 26.8 Å². The van der Waals surface area contributed by atoms with Crippen molar-refractivity contribution in [3.8, 4) is 16.9 Å². The van der Waals surface area contributed by atoms with Crippen molar-refractivity contribution in [1.29, 1.82) is 0 Å². The Morgan fingerprint density at radius 3 is 2.42 bits per heavy atom. The monoisotopic (exact) mass is 604 g/mol. The molecule has 208 valence electrons. The molecule has 4 aromatic rings. The molecule has 3 aromatic carbocycles. The number of nitrogens with zero attached hydrogens (tertiary/aromatic N) is 2. The van der Waals surface area contributed by atoms with Crippen LogP contribution >= 0.6 is 23.2 Å². The maximum absolute atomic E-state index is 13.1. The van der Waals surface area contributed by atoms with Gasteiger partial charge in [-0.3, -0.25) is 0 Å². The second-order valence-corrected chi connectivity index (χ2v) is 10.6. The summed E-state index contributed by atoms with van der Waals surface area (Å²) in [5.41, 5.74) is 14.7. The minimum Gasteiger partial charge on any atom is -0.487 e. The number of aromatic nitrogens is 2. The molecule has 2 amide bonds. The van der Waals surface area contributed by atoms with Gasteiger partial charge in [-0.2, -0.15) is 13.4 Å². The summed E-state index contributed by atoms with van der Waals surface area (Å²) < 4.78 is 41.1. The normalized spacial score (nSPS) is 11.2. The van der Waals surface area contributed by atoms with E-state index >= 15 is 0 Å². The van der Waals surface area contributed by atoms with Gasteiger partial charge in [0.1, 0.15) is 23.1 Å². The lowest BCUT2D eigenvalue weighted by Crippen LogP contribution is -2.30. The highest BCUT2D eigenvalue weighted by Gasteiger charge is 2.16. The molecule has 0 aliphatic rings. The molecule has 1 aromatic heterocycles. The Hall–Kier alpha value is -4.13. The zero-order valence-electron chi connectivity index (χ0n) is 20.7. The highest BCUT2D eigenvalue weighted by atomic mass is 35.5. The number of urea groups is 1. The molecule has 40 heavy (non-hydrogen) atoms. The van der Waals surface area contributed by atoms with Gasteiger partial charge in [0.2, 0.25) is 5.95 Å². The number of hydrogen-bond donors (Lipinski definition) is 4. The second-order valence-electron chi connectivity index (χ2n) is 8.45. The average molecular weight is 605 g/mol. The van der Waals surface area contributed by atoms with Crippen molar-refractivity contribution in [2.75, 3.05) is 23.3 Å². The first-order valence-electron chi connectivity index (χ1n) is 11.7. The lowest BCUT2D eigenvalue weighted by atomic mass is 10.0. The maximum atomic E-state index is 13.1. The van der Waals surface area contributed by atoms with Crippen LogP contribution in [0.15, 0.2) is 71.6 Å². The first kappa shape index (κ1) is 28.9. The van der Waals surface area contributed by atoms with Gasteiger partial charge in [0.15, 0.2) is 0 Å². The van der Waals surface area contributed by atoms with Crippen molar-refractivity contribution < 1.29 is 21.8 Å². The van der Waals surface area contributed by atoms with Gasteiger partial charge in [-0.25, -0.2) is 9.78 Å². The summed E-state index contributed by atoms with van der Waals surface area (Å²) in [6, 6.07) is 16.6. The number of rotatable bonds is 9. The van der Waals surface area contributed by atoms with E-state index in [-0.39, 0.29) is 24.1 Å². The summed E-state index contributed by atoms with van der Waals surface area (Å²) in [7, 11) is -4.87. The minimum absolute atomic E-state index is 0.00643. The third-order valence-corrected chi connectivity index (χ3v) is 7.17. The smallest absolute Gasteiger partial charge is 0.332 e. The maximum Gasteiger partial charge on any atom is 0.332 e. The standard InChI is InChI=1S/C26H23Cl2FN6O4S/c27-20-9-6-16(12-21(20)28)23-22(34-25(31)35-24(23)30)14-39-18-7-4-15(5-8-18)10-11-32-26(36)33-17-2-1-3-19(13-17)40(29,37)38/h1-9,12-13H,10-11,14H2,(H2,32,33,36)(H4,30,31,34,35). The van der Waals surface area contributed by atoms with Crippen LogP contribution in [0, 0.1) is 0 Å². The lowest BCUT2D eigenvalue weighted by Gasteiger charge is -2.14. The fraction of sp³-hybridized carbons (Fsp3) is 0.115. The quantitative estimate of drug-likeness (QED) is 0.189. The van der Waals surface area contributed by atoms with E-state index in [9.17, 15) is 17.1 Å². The van der Waals surface area contributed by atoms with Crippen molar-refractivity contribution in [2.24, 2.45) is 0 Å². The Morgan fingerprint density at radius 1 is 0.975 bits per heavy atom. The third-order valence-electron chi connectivity index (χ3n) is 5.61. The van der Waals surface area contributed by atoms with Gasteiger partial charge in [-0.15, -0.1) is 3.89 Å². The summed E-state index contributed by atoms with van der Waals surface area (Å²) in [6.07, 6.45) is 0.507. The summed E-state index contributed by atoms with van der Waals surface area (Å²) in [5.74, 6) is 0.747. The third kappa shape index (κ3) is 7.50. The van der Waals surface area contributed by atoms with E-state index in [1.807, 2.05) is 12.1 Å². The molecule has 0 bridgehead atoms. The molecule has 0 saturated carbocycles. The zero-order chi connectivity index (χ0) is 28.9. The van der Waals surface area contributed by atoms with Gasteiger partial charge >= 0.3 is 16.3 Å². The van der Waals surface area contributed by atoms with Crippen LogP contribution in [0.25, 0.3) is 11.1 Å². The molecule has 0 aliphatic carbocycles. The Kier molecular flexibility index (Phi) is 8.93. The first-order chi connectivity index (χ1) is 19.0. The van der Waals surface area contributed by atoms with Crippen molar-refractivity contribution in [3.05, 3.63) is 88.0 Å². The van der Waals surface area contributed by atoms with Gasteiger partial charge in [-0.05, 0) is 60.0 Å². The summed E-state index contributed by atoms with van der Waals surface area (Å²) in [6.45, 7) is 0.345. The summed E-state index contributed by atoms with van der Waals surface area (Å²) in [4.78, 5) is 19.9. The van der Waals surface area contributed by atoms with E-state index < -0.39 is 21.1 Å². The fourth-order valence-electron chi connectivity index (χ4n) is 3.74. The Labute approximate surface area is 239 Å². The van der Waals surface area contributed by atoms with E-state index in [4.69, 9.17) is 39.4 Å². The number of nitrogens with two attached hydrogens (primary N) is 2. The highest BCUT2D eigenvalue weighted by Crippen LogP contribution is 2.33. The topological polar surface area (TPSA) is 162 Å². The molecule has 10 nitrogen and oxygen atoms in total. The van der Waals surface area contributed by atoms with Crippen molar-refractivity contribution in [1.82, 2.24) is 15.3 Å². The fourth-order valence-corrected chi connectivity index (χ4v) is 4.55. The van der Waals surface area contributed by atoms with Crippen molar-refractivity contribution >= 4 is 56.9 Å². The first-order valence-corrected chi connectivity index (χ1v) is 13.8. The number of nitrogens with one attached hydrogen (secondary N) is 2. The Bertz CT molecular complexity index is 1660. The molecule has 0 atom stereocenters. The average Bonchev–Trinajstić information content (AvgIpc) is 2.89. The number of halogens is 3. The van der Waals surface area contributed by atoms with E-state index in [0.717, 1.165) is 17.7 Å². The zero-order valence-corrected chi connectivity index (χ0v) is 23.0. The molecule has 4 rings (SSSR count). The number of hydrogen-bond acceptors (Lipinski definition) is 8. The largest absolute Gasteiger partial charge is 0.487 e. The van der Waals surface area contributed by atoms with Crippen molar-refractivity contribution in [3.63, 3.8) is 0 Å². The molecule has 0 aliphatic heterocycles. The Morgan fingerprint density at radius 2 is 1.73 bits per heavy atom. The number of nitrogen functional groups attached to an aromatic ring is 2. The van der Waals surface area contributed by atoms with Gasteiger partial charge in [-0.1, -0.05) is 47.5 Å². The van der Waals surface area contributed by atoms with Crippen LogP contribution in [0.4, 0.5) is 26.1 Å². The number of amides is 2. The van der Waals surface area contributed by atoms with Crippen LogP contribution in [-0.4, -0.2) is 31.0 Å². The number of benzene rings is 3. The van der Waals surface area contributed by atoms with E-state index in [1.165, 1.54) is 12.1 Å². The predicted molar refractivity (Wildman–Crippen MR) is 153 cm³/mol. The van der Waals surface area contributed by atoms with Crippen LogP contribution in [0.5, 0.6) is 5.75 Å². The molecule has 0 spiro atoms. The predicted octanol–water partition coefficient (Wildman–Crippen LogP) is 5.22. The van der Waals surface area contributed by atoms with Crippen LogP contribution in [0.3, 0.4) is 0 Å². The van der Waals surface area contributed by atoms with Crippen LogP contribution in [0.2, 0.25) is 10.0 Å². The van der Waals surface area contributed by atoms with Crippen molar-refractivity contribution in [2.45, 2.75) is 17.9 Å². The molecule has 0 saturated heterocycles. The Balaban J connectivity index is 1.33. The SMILES string of the molecule is Nc1nc(N)c(-c2ccc(Cl)c(Cl)c2)c(COc2ccc(CCNC(=O)Nc3cccc(S(=O)(=O)F)c3)cc2)n1. The molecule has 14 heteroatoms. The summed E-state index contributed by atoms with van der Waals surface area (Å²) in [5, 5.41) is 5.88. The van der Waals surface area contributed by atoms with Crippen LogP contribution in [0.1, 0.15) is 11.3 Å². The second kappa shape index (κ2) is 12.4. The molecule has 0 unspecified atom stereocenters. The van der Waals surface area contributed by atoms with E-state index in [0.29, 0.717) is 45.6 Å². The van der Waals surface area contributed by atoms with Gasteiger partial charge in [0.25, 0.3) is 0 Å². The van der Waals surface area contributed by atoms with E-state index in [2.05, 4.69) is 20.6 Å². The number of ether oxygens (including phenoxy) is 1. The molecular formula is C26H23Cl2FN6O4S. The number of carbonyl (C=O) groups excluding carboxylic acids is 1.